The summed E-state index contributed by atoms with van der Waals surface area (Å²) in [5, 5.41) is 6.79. The van der Waals surface area contributed by atoms with Crippen LogP contribution in [-0.4, -0.2) is 19.6 Å². The van der Waals surface area contributed by atoms with Crippen molar-refractivity contribution in [3.8, 4) is 0 Å². The van der Waals surface area contributed by atoms with Crippen LogP contribution < -0.4 is 0 Å². The van der Waals surface area contributed by atoms with Gasteiger partial charge in [-0.1, -0.05) is 12.1 Å². The number of fused-ring (bicyclic) bond motifs is 3. The zero-order chi connectivity index (χ0) is 12.9. The van der Waals surface area contributed by atoms with Gasteiger partial charge in [0.25, 0.3) is 0 Å². The second-order valence-corrected chi connectivity index (χ2v) is 3.87. The SMILES string of the molecule is Cc1nc2ccccc2n2c(C(F)(F)F)nnc12. The monoisotopic (exact) mass is 252 g/mol. The van der Waals surface area contributed by atoms with Crippen LogP contribution in [-0.2, 0) is 6.18 Å². The van der Waals surface area contributed by atoms with Crippen molar-refractivity contribution in [2.45, 2.75) is 13.1 Å². The molecule has 0 aliphatic rings. The van der Waals surface area contributed by atoms with Gasteiger partial charge in [0, 0.05) is 0 Å². The predicted molar refractivity (Wildman–Crippen MR) is 58.0 cm³/mol. The lowest BCUT2D eigenvalue weighted by atomic mass is 10.3. The van der Waals surface area contributed by atoms with Gasteiger partial charge >= 0.3 is 6.18 Å². The molecule has 0 unspecified atom stereocenters. The number of aryl methyl sites for hydroxylation is 1. The molecule has 0 amide bonds. The molecule has 0 spiro atoms. The number of hydrogen-bond acceptors (Lipinski definition) is 3. The molecule has 0 N–H and O–H groups in total. The summed E-state index contributed by atoms with van der Waals surface area (Å²) in [4.78, 5) is 4.21. The molecular weight excluding hydrogens is 245 g/mol. The highest BCUT2D eigenvalue weighted by Crippen LogP contribution is 2.30. The van der Waals surface area contributed by atoms with E-state index in [1.54, 1.807) is 31.2 Å². The van der Waals surface area contributed by atoms with E-state index < -0.39 is 12.0 Å². The topological polar surface area (TPSA) is 43.1 Å². The van der Waals surface area contributed by atoms with Crippen molar-refractivity contribution in [3.63, 3.8) is 0 Å². The Morgan fingerprint density at radius 2 is 1.83 bits per heavy atom. The fraction of sp³-hybridized carbons (Fsp3) is 0.182. The average Bonchev–Trinajstić information content (AvgIpc) is 2.74. The Morgan fingerprint density at radius 3 is 2.56 bits per heavy atom. The smallest absolute Gasteiger partial charge is 0.268 e. The van der Waals surface area contributed by atoms with Crippen LogP contribution in [0.5, 0.6) is 0 Å². The molecule has 92 valence electrons. The van der Waals surface area contributed by atoms with Crippen molar-refractivity contribution >= 4 is 16.7 Å². The molecule has 0 bridgehead atoms. The lowest BCUT2D eigenvalue weighted by Crippen LogP contribution is -2.11. The van der Waals surface area contributed by atoms with Gasteiger partial charge in [0.1, 0.15) is 0 Å². The van der Waals surface area contributed by atoms with Crippen molar-refractivity contribution in [2.24, 2.45) is 0 Å². The van der Waals surface area contributed by atoms with Crippen LogP contribution in [0.3, 0.4) is 0 Å². The van der Waals surface area contributed by atoms with E-state index in [9.17, 15) is 13.2 Å². The molecule has 0 fully saturated rings. The van der Waals surface area contributed by atoms with Gasteiger partial charge in [-0.3, -0.25) is 4.40 Å². The Kier molecular flexibility index (Phi) is 2.07. The maximum Gasteiger partial charge on any atom is 0.452 e. The maximum absolute atomic E-state index is 12.9. The molecule has 2 aromatic heterocycles. The van der Waals surface area contributed by atoms with E-state index in [1.165, 1.54) is 0 Å². The molecule has 18 heavy (non-hydrogen) atoms. The predicted octanol–water partition coefficient (Wildman–Crippen LogP) is 2.60. The van der Waals surface area contributed by atoms with Crippen LogP contribution in [0.2, 0.25) is 0 Å². The molecule has 7 heteroatoms. The average molecular weight is 252 g/mol. The summed E-state index contributed by atoms with van der Waals surface area (Å²) in [5.74, 6) is -1.03. The number of halogens is 3. The highest BCUT2D eigenvalue weighted by atomic mass is 19.4. The van der Waals surface area contributed by atoms with Crippen molar-refractivity contribution in [1.82, 2.24) is 19.6 Å². The molecule has 4 nitrogen and oxygen atoms in total. The van der Waals surface area contributed by atoms with Gasteiger partial charge in [0.15, 0.2) is 5.65 Å². The molecule has 0 radical (unpaired) electrons. The van der Waals surface area contributed by atoms with E-state index in [0.29, 0.717) is 16.7 Å². The van der Waals surface area contributed by atoms with E-state index in [1.807, 2.05) is 0 Å². The van der Waals surface area contributed by atoms with E-state index in [-0.39, 0.29) is 5.65 Å². The molecular formula is C11H7F3N4. The van der Waals surface area contributed by atoms with Gasteiger partial charge in [-0.15, -0.1) is 10.2 Å². The first-order valence-corrected chi connectivity index (χ1v) is 5.16. The summed E-state index contributed by atoms with van der Waals surface area (Å²) in [6, 6.07) is 6.59. The van der Waals surface area contributed by atoms with Gasteiger partial charge in [0.05, 0.1) is 16.7 Å². The first-order chi connectivity index (χ1) is 8.48. The number of hydrogen-bond donors (Lipinski definition) is 0. The van der Waals surface area contributed by atoms with Gasteiger partial charge in [-0.2, -0.15) is 13.2 Å². The zero-order valence-electron chi connectivity index (χ0n) is 9.23. The van der Waals surface area contributed by atoms with Gasteiger partial charge < -0.3 is 0 Å². The molecule has 0 saturated carbocycles. The second kappa shape index (κ2) is 3.41. The minimum Gasteiger partial charge on any atom is -0.268 e. The molecule has 0 aliphatic carbocycles. The summed E-state index contributed by atoms with van der Waals surface area (Å²) in [6.45, 7) is 1.61. The third-order valence-electron chi connectivity index (χ3n) is 2.65. The van der Waals surface area contributed by atoms with Crippen molar-refractivity contribution < 1.29 is 13.2 Å². The largest absolute Gasteiger partial charge is 0.452 e. The number of para-hydroxylation sites is 2. The van der Waals surface area contributed by atoms with Crippen LogP contribution in [0.25, 0.3) is 16.7 Å². The van der Waals surface area contributed by atoms with Crippen LogP contribution in [0.1, 0.15) is 11.5 Å². The summed E-state index contributed by atoms with van der Waals surface area (Å²) in [6.07, 6.45) is -4.55. The highest BCUT2D eigenvalue weighted by molar-refractivity contribution is 5.78. The van der Waals surface area contributed by atoms with Gasteiger partial charge in [-0.05, 0) is 19.1 Å². The summed E-state index contributed by atoms with van der Waals surface area (Å²) in [5.41, 5.74) is 1.36. The van der Waals surface area contributed by atoms with E-state index in [0.717, 1.165) is 4.40 Å². The standard InChI is InChI=1S/C11H7F3N4/c1-6-9-16-17-10(11(12,13)14)18(9)8-5-3-2-4-7(8)15-6/h2-5H,1H3. The minimum atomic E-state index is -4.55. The maximum atomic E-state index is 12.9. The number of rotatable bonds is 0. The highest BCUT2D eigenvalue weighted by Gasteiger charge is 2.37. The molecule has 2 heterocycles. The Morgan fingerprint density at radius 1 is 1.11 bits per heavy atom. The van der Waals surface area contributed by atoms with Crippen LogP contribution >= 0.6 is 0 Å². The Balaban J connectivity index is 2.56. The molecule has 3 aromatic rings. The third kappa shape index (κ3) is 1.43. The Bertz CT molecular complexity index is 745. The van der Waals surface area contributed by atoms with Crippen molar-refractivity contribution in [1.29, 1.82) is 0 Å². The van der Waals surface area contributed by atoms with Crippen molar-refractivity contribution in [2.75, 3.05) is 0 Å². The summed E-state index contributed by atoms with van der Waals surface area (Å²) >= 11 is 0. The van der Waals surface area contributed by atoms with Crippen LogP contribution in [0.4, 0.5) is 13.2 Å². The molecule has 1 aromatic carbocycles. The van der Waals surface area contributed by atoms with E-state index in [4.69, 9.17) is 0 Å². The number of nitrogens with zero attached hydrogens (tertiary/aromatic N) is 4. The minimum absolute atomic E-state index is 0.126. The zero-order valence-corrected chi connectivity index (χ0v) is 9.23. The Hall–Kier alpha value is -2.18. The summed E-state index contributed by atoms with van der Waals surface area (Å²) in [7, 11) is 0. The van der Waals surface area contributed by atoms with Gasteiger partial charge in [0.2, 0.25) is 5.82 Å². The number of alkyl halides is 3. The van der Waals surface area contributed by atoms with Crippen LogP contribution in [0, 0.1) is 6.92 Å². The van der Waals surface area contributed by atoms with E-state index in [2.05, 4.69) is 15.2 Å². The second-order valence-electron chi connectivity index (χ2n) is 3.87. The lowest BCUT2D eigenvalue weighted by Gasteiger charge is -2.07. The number of benzene rings is 1. The fourth-order valence-corrected chi connectivity index (χ4v) is 1.91. The quantitative estimate of drug-likeness (QED) is 0.617. The molecule has 0 atom stereocenters. The molecule has 0 saturated heterocycles. The lowest BCUT2D eigenvalue weighted by molar-refractivity contribution is -0.145. The molecule has 3 rings (SSSR count). The first-order valence-electron chi connectivity index (χ1n) is 5.16. The van der Waals surface area contributed by atoms with E-state index >= 15 is 0 Å². The first kappa shape index (κ1) is 10.9. The van der Waals surface area contributed by atoms with Crippen LogP contribution in [0.15, 0.2) is 24.3 Å². The fourth-order valence-electron chi connectivity index (χ4n) is 1.91. The summed E-state index contributed by atoms with van der Waals surface area (Å²) < 4.78 is 39.6. The van der Waals surface area contributed by atoms with Crippen molar-refractivity contribution in [3.05, 3.63) is 35.8 Å². The number of aromatic nitrogens is 4. The Labute approximate surface area is 99.1 Å². The molecule has 0 aliphatic heterocycles. The normalized spacial score (nSPS) is 12.4. The third-order valence-corrected chi connectivity index (χ3v) is 2.65. The van der Waals surface area contributed by atoms with Gasteiger partial charge in [-0.25, -0.2) is 4.98 Å².